The van der Waals surface area contributed by atoms with Crippen molar-refractivity contribution in [1.82, 2.24) is 4.90 Å². The van der Waals surface area contributed by atoms with Crippen LogP contribution in [0, 0.1) is 5.92 Å². The standard InChI is InChI=1S/C14H20N2O/c1-16(10-12-7-8-12)14(17)13(15)9-11-5-3-2-4-6-11/h2-6,12-13H,7-10,15H2,1H3. The molecule has 0 aliphatic heterocycles. The Labute approximate surface area is 103 Å². The first kappa shape index (κ1) is 12.1. The van der Waals surface area contributed by atoms with Crippen molar-refractivity contribution in [3.05, 3.63) is 35.9 Å². The summed E-state index contributed by atoms with van der Waals surface area (Å²) >= 11 is 0. The number of nitrogens with two attached hydrogens (primary N) is 1. The molecular formula is C14H20N2O. The Morgan fingerprint density at radius 1 is 1.41 bits per heavy atom. The average molecular weight is 232 g/mol. The third-order valence-electron chi connectivity index (χ3n) is 3.22. The number of rotatable bonds is 5. The molecule has 0 radical (unpaired) electrons. The summed E-state index contributed by atoms with van der Waals surface area (Å²) in [5, 5.41) is 0. The van der Waals surface area contributed by atoms with E-state index in [-0.39, 0.29) is 5.91 Å². The van der Waals surface area contributed by atoms with E-state index in [1.807, 2.05) is 37.4 Å². The molecule has 1 aromatic rings. The normalized spacial score (nSPS) is 16.6. The van der Waals surface area contributed by atoms with Gasteiger partial charge in [-0.05, 0) is 30.7 Å². The van der Waals surface area contributed by atoms with Crippen LogP contribution in [0.1, 0.15) is 18.4 Å². The minimum Gasteiger partial charge on any atom is -0.344 e. The highest BCUT2D eigenvalue weighted by Gasteiger charge is 2.26. The number of nitrogens with zero attached hydrogens (tertiary/aromatic N) is 1. The number of carbonyl (C=O) groups is 1. The Bertz CT molecular complexity index is 373. The van der Waals surface area contributed by atoms with Gasteiger partial charge in [0.05, 0.1) is 6.04 Å². The lowest BCUT2D eigenvalue weighted by Crippen LogP contribution is -2.43. The summed E-state index contributed by atoms with van der Waals surface area (Å²) in [4.78, 5) is 13.8. The van der Waals surface area contributed by atoms with E-state index >= 15 is 0 Å². The van der Waals surface area contributed by atoms with Crippen molar-refractivity contribution in [3.8, 4) is 0 Å². The van der Waals surface area contributed by atoms with E-state index < -0.39 is 6.04 Å². The summed E-state index contributed by atoms with van der Waals surface area (Å²) in [6, 6.07) is 9.51. The number of hydrogen-bond acceptors (Lipinski definition) is 2. The number of hydrogen-bond donors (Lipinski definition) is 1. The van der Waals surface area contributed by atoms with Crippen molar-refractivity contribution in [2.75, 3.05) is 13.6 Å². The molecule has 1 fully saturated rings. The lowest BCUT2D eigenvalue weighted by atomic mass is 10.1. The monoisotopic (exact) mass is 232 g/mol. The fourth-order valence-electron chi connectivity index (χ4n) is 2.02. The topological polar surface area (TPSA) is 46.3 Å². The molecule has 1 unspecified atom stereocenters. The van der Waals surface area contributed by atoms with Gasteiger partial charge in [-0.1, -0.05) is 30.3 Å². The van der Waals surface area contributed by atoms with Crippen molar-refractivity contribution in [1.29, 1.82) is 0 Å². The molecule has 1 amide bonds. The van der Waals surface area contributed by atoms with Crippen LogP contribution in [0.25, 0.3) is 0 Å². The summed E-state index contributed by atoms with van der Waals surface area (Å²) in [6.07, 6.45) is 3.13. The maximum Gasteiger partial charge on any atom is 0.239 e. The van der Waals surface area contributed by atoms with E-state index in [9.17, 15) is 4.79 Å². The zero-order valence-electron chi connectivity index (χ0n) is 10.3. The molecule has 92 valence electrons. The molecule has 0 saturated heterocycles. The van der Waals surface area contributed by atoms with Gasteiger partial charge in [0.1, 0.15) is 0 Å². The van der Waals surface area contributed by atoms with Crippen LogP contribution < -0.4 is 5.73 Å². The van der Waals surface area contributed by atoms with Gasteiger partial charge < -0.3 is 10.6 Å². The van der Waals surface area contributed by atoms with Crippen LogP contribution in [0.2, 0.25) is 0 Å². The molecule has 2 rings (SSSR count). The van der Waals surface area contributed by atoms with Crippen molar-refractivity contribution in [3.63, 3.8) is 0 Å². The van der Waals surface area contributed by atoms with E-state index in [1.54, 1.807) is 4.90 Å². The minimum atomic E-state index is -0.416. The predicted molar refractivity (Wildman–Crippen MR) is 68.5 cm³/mol. The van der Waals surface area contributed by atoms with Gasteiger partial charge in [-0.15, -0.1) is 0 Å². The maximum absolute atomic E-state index is 12.0. The van der Waals surface area contributed by atoms with E-state index in [0.717, 1.165) is 12.1 Å². The van der Waals surface area contributed by atoms with Gasteiger partial charge in [-0.3, -0.25) is 4.79 Å². The lowest BCUT2D eigenvalue weighted by Gasteiger charge is -2.21. The van der Waals surface area contributed by atoms with Crippen LogP contribution in [0.4, 0.5) is 0 Å². The molecule has 17 heavy (non-hydrogen) atoms. The summed E-state index contributed by atoms with van der Waals surface area (Å²) in [7, 11) is 1.85. The molecule has 1 aliphatic rings. The summed E-state index contributed by atoms with van der Waals surface area (Å²) in [5.41, 5.74) is 7.07. The van der Waals surface area contributed by atoms with Gasteiger partial charge in [-0.2, -0.15) is 0 Å². The van der Waals surface area contributed by atoms with Gasteiger partial charge >= 0.3 is 0 Å². The Kier molecular flexibility index (Phi) is 3.79. The highest BCUT2D eigenvalue weighted by Crippen LogP contribution is 2.29. The zero-order valence-corrected chi connectivity index (χ0v) is 10.3. The molecular weight excluding hydrogens is 212 g/mol. The molecule has 1 saturated carbocycles. The van der Waals surface area contributed by atoms with Crippen LogP contribution in [-0.4, -0.2) is 30.4 Å². The van der Waals surface area contributed by atoms with Crippen LogP contribution >= 0.6 is 0 Å². The molecule has 0 aromatic heterocycles. The largest absolute Gasteiger partial charge is 0.344 e. The van der Waals surface area contributed by atoms with Gasteiger partial charge in [0.25, 0.3) is 0 Å². The second-order valence-electron chi connectivity index (χ2n) is 4.96. The third-order valence-corrected chi connectivity index (χ3v) is 3.22. The Balaban J connectivity index is 1.85. The molecule has 1 aromatic carbocycles. The highest BCUT2D eigenvalue weighted by molar-refractivity contribution is 5.81. The second kappa shape index (κ2) is 5.32. The molecule has 3 nitrogen and oxygen atoms in total. The molecule has 3 heteroatoms. The van der Waals surface area contributed by atoms with Crippen LogP contribution in [0.15, 0.2) is 30.3 Å². The summed E-state index contributed by atoms with van der Waals surface area (Å²) in [5.74, 6) is 0.772. The first-order valence-corrected chi connectivity index (χ1v) is 6.21. The zero-order chi connectivity index (χ0) is 12.3. The molecule has 1 atom stereocenters. The van der Waals surface area contributed by atoms with Crippen LogP contribution in [-0.2, 0) is 11.2 Å². The number of amides is 1. The average Bonchev–Trinajstić information content (AvgIpc) is 3.13. The quantitative estimate of drug-likeness (QED) is 0.834. The fraction of sp³-hybridized carbons (Fsp3) is 0.500. The van der Waals surface area contributed by atoms with Crippen LogP contribution in [0.3, 0.4) is 0 Å². The maximum atomic E-state index is 12.0. The van der Waals surface area contributed by atoms with Gasteiger partial charge in [0, 0.05) is 13.6 Å². The van der Waals surface area contributed by atoms with E-state index in [4.69, 9.17) is 5.73 Å². The number of likely N-dealkylation sites (N-methyl/N-ethyl adjacent to an activating group) is 1. The summed E-state index contributed by atoms with van der Waals surface area (Å²) in [6.45, 7) is 0.862. The SMILES string of the molecule is CN(CC1CC1)C(=O)C(N)Cc1ccccc1. The molecule has 0 heterocycles. The fourth-order valence-corrected chi connectivity index (χ4v) is 2.02. The molecule has 0 spiro atoms. The number of benzene rings is 1. The van der Waals surface area contributed by atoms with Crippen molar-refractivity contribution in [2.24, 2.45) is 11.7 Å². The van der Waals surface area contributed by atoms with Crippen molar-refractivity contribution >= 4 is 5.91 Å². The first-order valence-electron chi connectivity index (χ1n) is 6.21. The van der Waals surface area contributed by atoms with E-state index in [1.165, 1.54) is 12.8 Å². The third kappa shape index (κ3) is 3.56. The number of carbonyl (C=O) groups excluding carboxylic acids is 1. The Morgan fingerprint density at radius 2 is 2.06 bits per heavy atom. The van der Waals surface area contributed by atoms with E-state index in [0.29, 0.717) is 12.3 Å². The smallest absolute Gasteiger partial charge is 0.239 e. The van der Waals surface area contributed by atoms with Gasteiger partial charge in [0.2, 0.25) is 5.91 Å². The Hall–Kier alpha value is -1.35. The van der Waals surface area contributed by atoms with Crippen molar-refractivity contribution < 1.29 is 4.79 Å². The lowest BCUT2D eigenvalue weighted by molar-refractivity contribution is -0.131. The van der Waals surface area contributed by atoms with Crippen molar-refractivity contribution in [2.45, 2.75) is 25.3 Å². The van der Waals surface area contributed by atoms with Gasteiger partial charge in [0.15, 0.2) is 0 Å². The minimum absolute atomic E-state index is 0.0563. The Morgan fingerprint density at radius 3 is 2.65 bits per heavy atom. The van der Waals surface area contributed by atoms with E-state index in [2.05, 4.69) is 0 Å². The summed E-state index contributed by atoms with van der Waals surface area (Å²) < 4.78 is 0. The van der Waals surface area contributed by atoms with Gasteiger partial charge in [-0.25, -0.2) is 0 Å². The highest BCUT2D eigenvalue weighted by atomic mass is 16.2. The first-order chi connectivity index (χ1) is 8.16. The molecule has 2 N–H and O–H groups in total. The molecule has 1 aliphatic carbocycles. The van der Waals surface area contributed by atoms with Crippen LogP contribution in [0.5, 0.6) is 0 Å². The molecule has 0 bridgehead atoms. The predicted octanol–water partition coefficient (Wildman–Crippen LogP) is 1.42. The second-order valence-corrected chi connectivity index (χ2v) is 4.96.